The Hall–Kier alpha value is -1.07. The number of benzene rings is 1. The van der Waals surface area contributed by atoms with Gasteiger partial charge in [0.1, 0.15) is 10.7 Å². The lowest BCUT2D eigenvalue weighted by molar-refractivity contribution is 0.597. The molecule has 2 aliphatic rings. The zero-order chi connectivity index (χ0) is 11.3. The lowest BCUT2D eigenvalue weighted by atomic mass is 10.3. The average Bonchev–Trinajstić information content (AvgIpc) is 2.65. The fraction of sp³-hybridized carbons (Fsp3) is 0.300. The quantitative estimate of drug-likeness (QED) is 0.714. The highest BCUT2D eigenvalue weighted by Gasteiger charge is 2.33. The molecule has 0 N–H and O–H groups in total. The molecular weight excluding hydrogens is 248 g/mol. The molecule has 6 heteroatoms. The predicted molar refractivity (Wildman–Crippen MR) is 62.7 cm³/mol. The summed E-state index contributed by atoms with van der Waals surface area (Å²) in [6, 6.07) is 4.91. The molecule has 1 aromatic carbocycles. The summed E-state index contributed by atoms with van der Waals surface area (Å²) in [7, 11) is -3.56. The number of fused-ring (bicyclic) bond motifs is 3. The number of rotatable bonds is 0. The minimum absolute atomic E-state index is 0.214. The van der Waals surface area contributed by atoms with Gasteiger partial charge >= 0.3 is 0 Å². The fourth-order valence-corrected chi connectivity index (χ4v) is 3.64. The van der Waals surface area contributed by atoms with E-state index in [2.05, 4.69) is 4.40 Å². The van der Waals surface area contributed by atoms with Gasteiger partial charge in [-0.25, -0.2) is 0 Å². The highest BCUT2D eigenvalue weighted by Crippen LogP contribution is 2.36. The van der Waals surface area contributed by atoms with E-state index in [-0.39, 0.29) is 4.90 Å². The number of amidine groups is 1. The van der Waals surface area contributed by atoms with Crippen LogP contribution >= 0.6 is 11.6 Å². The molecular formula is C10H9ClN2O2S. The Labute approximate surface area is 98.6 Å². The Morgan fingerprint density at radius 1 is 1.38 bits per heavy atom. The van der Waals surface area contributed by atoms with Crippen LogP contribution in [-0.4, -0.2) is 20.8 Å². The molecule has 0 radical (unpaired) electrons. The van der Waals surface area contributed by atoms with Crippen molar-refractivity contribution in [3.8, 4) is 0 Å². The topological polar surface area (TPSA) is 49.7 Å². The third-order valence-corrected chi connectivity index (χ3v) is 4.38. The van der Waals surface area contributed by atoms with Crippen LogP contribution in [0.3, 0.4) is 0 Å². The van der Waals surface area contributed by atoms with Crippen molar-refractivity contribution in [2.45, 2.75) is 17.7 Å². The monoisotopic (exact) mass is 256 g/mol. The lowest BCUT2D eigenvalue weighted by Gasteiger charge is -2.25. The van der Waals surface area contributed by atoms with Gasteiger partial charge in [0.25, 0.3) is 10.0 Å². The molecule has 0 unspecified atom stereocenters. The molecule has 1 saturated heterocycles. The van der Waals surface area contributed by atoms with Crippen LogP contribution in [0.5, 0.6) is 0 Å². The summed E-state index contributed by atoms with van der Waals surface area (Å²) < 4.78 is 27.6. The SMILES string of the molecule is O=S1(=O)N=C2CCCN2c2ccc(Cl)cc21. The molecule has 0 amide bonds. The molecule has 0 aliphatic carbocycles. The summed E-state index contributed by atoms with van der Waals surface area (Å²) in [6.07, 6.45) is 1.66. The summed E-state index contributed by atoms with van der Waals surface area (Å²) in [5, 5.41) is 0.417. The lowest BCUT2D eigenvalue weighted by Crippen LogP contribution is -2.30. The van der Waals surface area contributed by atoms with Gasteiger partial charge in [-0.3, -0.25) is 0 Å². The molecule has 2 heterocycles. The second-order valence-electron chi connectivity index (χ2n) is 3.85. The average molecular weight is 257 g/mol. The number of anilines is 1. The van der Waals surface area contributed by atoms with Gasteiger partial charge in [0.15, 0.2) is 0 Å². The molecule has 0 saturated carbocycles. The summed E-state index contributed by atoms with van der Waals surface area (Å²) in [4.78, 5) is 2.16. The maximum atomic E-state index is 11.9. The predicted octanol–water partition coefficient (Wildman–Crippen LogP) is 2.04. The Kier molecular flexibility index (Phi) is 2.03. The van der Waals surface area contributed by atoms with Crippen molar-refractivity contribution < 1.29 is 8.42 Å². The number of sulfonamides is 1. The largest absolute Gasteiger partial charge is 0.328 e. The van der Waals surface area contributed by atoms with Gasteiger partial charge in [-0.15, -0.1) is 4.40 Å². The Morgan fingerprint density at radius 3 is 3.00 bits per heavy atom. The van der Waals surface area contributed by atoms with Gasteiger partial charge in [0.2, 0.25) is 0 Å². The molecule has 3 rings (SSSR count). The van der Waals surface area contributed by atoms with E-state index in [4.69, 9.17) is 11.6 Å². The van der Waals surface area contributed by atoms with E-state index in [9.17, 15) is 8.42 Å². The van der Waals surface area contributed by atoms with Crippen molar-refractivity contribution in [2.75, 3.05) is 11.4 Å². The third-order valence-electron chi connectivity index (χ3n) is 2.81. The molecule has 0 bridgehead atoms. The number of hydrogen-bond donors (Lipinski definition) is 0. The van der Waals surface area contributed by atoms with Crippen molar-refractivity contribution in [3.63, 3.8) is 0 Å². The van der Waals surface area contributed by atoms with Crippen LogP contribution in [-0.2, 0) is 10.0 Å². The zero-order valence-electron chi connectivity index (χ0n) is 8.35. The Morgan fingerprint density at radius 2 is 2.19 bits per heavy atom. The van der Waals surface area contributed by atoms with E-state index >= 15 is 0 Å². The number of nitrogens with zero attached hydrogens (tertiary/aromatic N) is 2. The van der Waals surface area contributed by atoms with Crippen LogP contribution < -0.4 is 4.90 Å². The standard InChI is InChI=1S/C10H9ClN2O2S/c11-7-3-4-8-9(6-7)16(14,15)12-10-2-1-5-13(8)10/h3-4,6H,1-2,5H2. The van der Waals surface area contributed by atoms with E-state index < -0.39 is 10.0 Å². The molecule has 0 aromatic heterocycles. The van der Waals surface area contributed by atoms with Crippen LogP contribution in [0.15, 0.2) is 27.5 Å². The minimum Gasteiger partial charge on any atom is -0.328 e. The van der Waals surface area contributed by atoms with Crippen LogP contribution in [0.25, 0.3) is 0 Å². The zero-order valence-corrected chi connectivity index (χ0v) is 9.92. The fourth-order valence-electron chi connectivity index (χ4n) is 2.12. The maximum Gasteiger partial charge on any atom is 0.286 e. The van der Waals surface area contributed by atoms with Gasteiger partial charge in [-0.1, -0.05) is 11.6 Å². The van der Waals surface area contributed by atoms with Crippen molar-refractivity contribution in [2.24, 2.45) is 4.40 Å². The van der Waals surface area contributed by atoms with Crippen LogP contribution in [0.4, 0.5) is 5.69 Å². The molecule has 0 atom stereocenters. The molecule has 4 nitrogen and oxygen atoms in total. The van der Waals surface area contributed by atoms with Crippen molar-refractivity contribution in [1.82, 2.24) is 0 Å². The van der Waals surface area contributed by atoms with Gasteiger partial charge in [0, 0.05) is 18.0 Å². The van der Waals surface area contributed by atoms with E-state index in [1.807, 2.05) is 4.90 Å². The second kappa shape index (κ2) is 3.21. The minimum atomic E-state index is -3.56. The highest BCUT2D eigenvalue weighted by atomic mass is 35.5. The summed E-state index contributed by atoms with van der Waals surface area (Å²) in [6.45, 7) is 0.822. The van der Waals surface area contributed by atoms with Gasteiger partial charge in [-0.05, 0) is 24.6 Å². The van der Waals surface area contributed by atoms with Crippen LogP contribution in [0.1, 0.15) is 12.8 Å². The van der Waals surface area contributed by atoms with Gasteiger partial charge in [-0.2, -0.15) is 8.42 Å². The first-order valence-electron chi connectivity index (χ1n) is 4.99. The third kappa shape index (κ3) is 1.35. The summed E-state index contributed by atoms with van der Waals surface area (Å²) >= 11 is 5.82. The summed E-state index contributed by atoms with van der Waals surface area (Å²) in [5.41, 5.74) is 0.701. The van der Waals surface area contributed by atoms with Crippen molar-refractivity contribution in [3.05, 3.63) is 23.2 Å². The highest BCUT2D eigenvalue weighted by molar-refractivity contribution is 7.90. The first-order chi connectivity index (χ1) is 7.58. The molecule has 84 valence electrons. The van der Waals surface area contributed by atoms with E-state index in [0.717, 1.165) is 19.4 Å². The van der Waals surface area contributed by atoms with Gasteiger partial charge in [0.05, 0.1) is 5.69 Å². The van der Waals surface area contributed by atoms with E-state index in [0.29, 0.717) is 16.5 Å². The first kappa shape index (κ1) is 10.1. The molecule has 2 aliphatic heterocycles. The van der Waals surface area contributed by atoms with Crippen LogP contribution in [0.2, 0.25) is 5.02 Å². The van der Waals surface area contributed by atoms with E-state index in [1.54, 1.807) is 12.1 Å². The molecule has 0 spiro atoms. The summed E-state index contributed by atoms with van der Waals surface area (Å²) in [5.74, 6) is 0.648. The Bertz CT molecular complexity index is 595. The normalized spacial score (nSPS) is 21.3. The maximum absolute atomic E-state index is 11.9. The number of halogens is 1. The van der Waals surface area contributed by atoms with Crippen molar-refractivity contribution >= 4 is 33.1 Å². The van der Waals surface area contributed by atoms with E-state index in [1.165, 1.54) is 6.07 Å². The van der Waals surface area contributed by atoms with Crippen molar-refractivity contribution in [1.29, 1.82) is 0 Å². The van der Waals surface area contributed by atoms with Crippen LogP contribution in [0, 0.1) is 0 Å². The smallest absolute Gasteiger partial charge is 0.286 e. The van der Waals surface area contributed by atoms with Gasteiger partial charge < -0.3 is 4.90 Å². The molecule has 1 fully saturated rings. The number of hydrogen-bond acceptors (Lipinski definition) is 3. The molecule has 1 aromatic rings. The molecule has 16 heavy (non-hydrogen) atoms. The Balaban J connectivity index is 2.31. The first-order valence-corrected chi connectivity index (χ1v) is 6.81. The second-order valence-corrected chi connectivity index (χ2v) is 5.86.